The van der Waals surface area contributed by atoms with Crippen molar-refractivity contribution in [1.29, 1.82) is 0 Å². The highest BCUT2D eigenvalue weighted by atomic mass is 32.2. The van der Waals surface area contributed by atoms with E-state index in [1.165, 1.54) is 40.6 Å². The summed E-state index contributed by atoms with van der Waals surface area (Å²) in [6.45, 7) is 7.77. The highest BCUT2D eigenvalue weighted by Gasteiger charge is 2.23. The minimum Gasteiger partial charge on any atom is -0.467 e. The van der Waals surface area contributed by atoms with Gasteiger partial charge in [0.1, 0.15) is 29.4 Å². The van der Waals surface area contributed by atoms with E-state index in [0.717, 1.165) is 142 Å². The molecule has 6 aromatic rings. The molecule has 0 aliphatic carbocycles. The lowest BCUT2D eigenvalue weighted by atomic mass is 10.00. The van der Waals surface area contributed by atoms with Crippen LogP contribution in [0.5, 0.6) is 0 Å². The highest BCUT2D eigenvalue weighted by Crippen LogP contribution is 2.32. The van der Waals surface area contributed by atoms with Crippen LogP contribution in [0.2, 0.25) is 0 Å². The number of Topliss-reactive ketones (excluding diaryl/α,β-unsaturated/α-hetero) is 1. The Morgan fingerprint density at radius 3 is 2.43 bits per heavy atom. The second-order valence-corrected chi connectivity index (χ2v) is 18.5. The predicted molar refractivity (Wildman–Crippen MR) is 243 cm³/mol. The first-order chi connectivity index (χ1) is 29.6. The van der Waals surface area contributed by atoms with Gasteiger partial charge in [-0.3, -0.25) is 19.6 Å². The highest BCUT2D eigenvalue weighted by molar-refractivity contribution is 7.89. The zero-order valence-electron chi connectivity index (χ0n) is 35.3. The molecule has 320 valence electrons. The monoisotopic (exact) mass is 844 g/mol. The number of halogens is 1. The van der Waals surface area contributed by atoms with Gasteiger partial charge in [-0.05, 0) is 91.7 Å². The molecule has 2 aliphatic rings. The second-order valence-electron chi connectivity index (χ2n) is 16.3. The fourth-order valence-corrected chi connectivity index (χ4v) is 8.94. The number of furan rings is 1. The van der Waals surface area contributed by atoms with Crippen LogP contribution in [0, 0.1) is 5.82 Å². The summed E-state index contributed by atoms with van der Waals surface area (Å²) in [4.78, 5) is 25.6. The van der Waals surface area contributed by atoms with Crippen molar-refractivity contribution >= 4 is 49.4 Å². The standard InChI is InChI=1S/C27H28N4O2S.C22H29FN2O2/c1-34(32,33)19-21-8-6-20(7-9-21)11-14-31-15-12-25-23(18-31)10-13-28-27(25)30-24-16-22-4-2-3-5-26(22)29-17-24;1-2-7-19(26)10-4-3-5-12-25-13-11-22-20(15-25)21(16-27-22)24-18-9-6-8-17(23)14-18/h2-10,13,16-17H,11-12,14-15,18-19H2,1H3,(H,28,30);6,8-9,14,16,24H,2-5,7,10-13,15H2,1H3. The number of carbonyl (C=O) groups excluding carboxylic acids is 1. The quantitative estimate of drug-likeness (QED) is 0.0859. The third-order valence-electron chi connectivity index (χ3n) is 11.3. The molecule has 5 heterocycles. The van der Waals surface area contributed by atoms with Crippen molar-refractivity contribution in [1.82, 2.24) is 19.8 Å². The summed E-state index contributed by atoms with van der Waals surface area (Å²) in [6.07, 6.45) is 15.1. The molecule has 0 unspecified atom stereocenters. The van der Waals surface area contributed by atoms with Gasteiger partial charge < -0.3 is 15.1 Å². The summed E-state index contributed by atoms with van der Waals surface area (Å²) < 4.78 is 42.1. The molecular weight excluding hydrogens is 788 g/mol. The molecule has 0 radical (unpaired) electrons. The number of aromatic nitrogens is 2. The van der Waals surface area contributed by atoms with Crippen molar-refractivity contribution in [3.63, 3.8) is 0 Å². The maximum absolute atomic E-state index is 13.4. The number of rotatable bonds is 17. The molecule has 8 rings (SSSR count). The Hall–Kier alpha value is -5.43. The lowest BCUT2D eigenvalue weighted by molar-refractivity contribution is -0.119. The van der Waals surface area contributed by atoms with Crippen LogP contribution < -0.4 is 10.6 Å². The van der Waals surface area contributed by atoms with Gasteiger partial charge in [-0.2, -0.15) is 0 Å². The summed E-state index contributed by atoms with van der Waals surface area (Å²) in [5.74, 6) is 2.17. The Morgan fingerprint density at radius 2 is 1.61 bits per heavy atom. The normalized spacial score (nSPS) is 14.1. The van der Waals surface area contributed by atoms with Gasteiger partial charge in [0.15, 0.2) is 9.84 Å². The molecule has 3 aromatic carbocycles. The number of fused-ring (bicyclic) bond motifs is 3. The van der Waals surface area contributed by atoms with Crippen LogP contribution in [0.3, 0.4) is 0 Å². The number of sulfone groups is 1. The molecule has 0 atom stereocenters. The third kappa shape index (κ3) is 12.8. The van der Waals surface area contributed by atoms with E-state index in [-0.39, 0.29) is 11.6 Å². The number of para-hydroxylation sites is 1. The third-order valence-corrected chi connectivity index (χ3v) is 12.2. The second kappa shape index (κ2) is 20.9. The van der Waals surface area contributed by atoms with E-state index >= 15 is 0 Å². The first kappa shape index (κ1) is 43.7. The number of hydrogen-bond acceptors (Lipinski definition) is 10. The van der Waals surface area contributed by atoms with Gasteiger partial charge in [0.2, 0.25) is 0 Å². The van der Waals surface area contributed by atoms with E-state index < -0.39 is 9.84 Å². The number of hydrogen-bond donors (Lipinski definition) is 2. The van der Waals surface area contributed by atoms with Gasteiger partial charge in [-0.15, -0.1) is 0 Å². The van der Waals surface area contributed by atoms with Gasteiger partial charge in [0.05, 0.1) is 28.8 Å². The minimum atomic E-state index is -3.00. The van der Waals surface area contributed by atoms with Crippen molar-refractivity contribution in [3.05, 3.63) is 143 Å². The maximum atomic E-state index is 13.4. The number of nitrogens with zero attached hydrogens (tertiary/aromatic N) is 4. The summed E-state index contributed by atoms with van der Waals surface area (Å²) in [7, 11) is -3.00. The molecule has 61 heavy (non-hydrogen) atoms. The Balaban J connectivity index is 0.000000189. The van der Waals surface area contributed by atoms with Gasteiger partial charge in [-0.1, -0.05) is 61.9 Å². The number of anilines is 4. The molecule has 0 fully saturated rings. The summed E-state index contributed by atoms with van der Waals surface area (Å²) in [5, 5.41) is 7.86. The summed E-state index contributed by atoms with van der Waals surface area (Å²) in [5.41, 5.74) is 9.40. The Morgan fingerprint density at radius 1 is 0.803 bits per heavy atom. The van der Waals surface area contributed by atoms with Gasteiger partial charge in [0, 0.05) is 86.6 Å². The molecule has 10 nitrogen and oxygen atoms in total. The fourth-order valence-electron chi connectivity index (χ4n) is 8.14. The van der Waals surface area contributed by atoms with Gasteiger partial charge >= 0.3 is 0 Å². The number of carbonyl (C=O) groups is 1. The number of ketones is 1. The molecule has 0 bridgehead atoms. The molecule has 0 saturated carbocycles. The van der Waals surface area contributed by atoms with Crippen molar-refractivity contribution in [2.75, 3.05) is 43.1 Å². The SMILES string of the molecule is CCCC(=O)CCCCCN1CCc2occ(Nc3cccc(F)c3)c2C1.CS(=O)(=O)Cc1ccc(CCN2CCc3c(ccnc3Nc3cnc4ccccc4c3)C2)cc1. The van der Waals surface area contributed by atoms with E-state index in [9.17, 15) is 17.6 Å². The van der Waals surface area contributed by atoms with Gasteiger partial charge in [0.25, 0.3) is 0 Å². The first-order valence-corrected chi connectivity index (χ1v) is 23.6. The smallest absolute Gasteiger partial charge is 0.151 e. The molecule has 2 aliphatic heterocycles. The Labute approximate surface area is 359 Å². The molecule has 12 heteroatoms. The average molecular weight is 845 g/mol. The van der Waals surface area contributed by atoms with Gasteiger partial charge in [-0.25, -0.2) is 17.8 Å². The Kier molecular flexibility index (Phi) is 15.0. The number of unbranched alkanes of at least 4 members (excludes halogenated alkanes) is 2. The van der Waals surface area contributed by atoms with Crippen molar-refractivity contribution in [3.8, 4) is 0 Å². The van der Waals surface area contributed by atoms with Crippen LogP contribution in [0.1, 0.15) is 79.0 Å². The minimum absolute atomic E-state index is 0.0931. The van der Waals surface area contributed by atoms with Crippen LogP contribution in [0.15, 0.2) is 108 Å². The van der Waals surface area contributed by atoms with E-state index in [1.807, 2.05) is 60.9 Å². The molecule has 3 aromatic heterocycles. The molecule has 0 saturated heterocycles. The molecule has 0 spiro atoms. The molecule has 0 amide bonds. The topological polar surface area (TPSA) is 121 Å². The van der Waals surface area contributed by atoms with Crippen LogP contribution in [-0.4, -0.2) is 66.4 Å². The number of nitrogens with one attached hydrogen (secondary N) is 2. The van der Waals surface area contributed by atoms with Crippen LogP contribution >= 0.6 is 0 Å². The zero-order chi connectivity index (χ0) is 42.6. The van der Waals surface area contributed by atoms with E-state index in [0.29, 0.717) is 5.78 Å². The predicted octanol–water partition coefficient (Wildman–Crippen LogP) is 9.97. The average Bonchev–Trinajstić information content (AvgIpc) is 3.64. The zero-order valence-corrected chi connectivity index (χ0v) is 36.2. The van der Waals surface area contributed by atoms with Crippen LogP contribution in [0.4, 0.5) is 27.3 Å². The van der Waals surface area contributed by atoms with Crippen LogP contribution in [0.25, 0.3) is 10.9 Å². The van der Waals surface area contributed by atoms with E-state index in [4.69, 9.17) is 4.42 Å². The number of benzene rings is 3. The van der Waals surface area contributed by atoms with E-state index in [2.05, 4.69) is 55.5 Å². The summed E-state index contributed by atoms with van der Waals surface area (Å²) in [6, 6.07) is 26.7. The van der Waals surface area contributed by atoms with Crippen molar-refractivity contribution in [2.45, 2.75) is 83.6 Å². The largest absolute Gasteiger partial charge is 0.467 e. The lowest BCUT2D eigenvalue weighted by Crippen LogP contribution is -2.32. The lowest BCUT2D eigenvalue weighted by Gasteiger charge is -2.29. The fraction of sp³-hybridized carbons (Fsp3) is 0.367. The maximum Gasteiger partial charge on any atom is 0.151 e. The van der Waals surface area contributed by atoms with Crippen molar-refractivity contribution < 1.29 is 22.0 Å². The Bertz CT molecular complexity index is 2510. The summed E-state index contributed by atoms with van der Waals surface area (Å²) >= 11 is 0. The van der Waals surface area contributed by atoms with Crippen LogP contribution in [-0.2, 0) is 52.7 Å². The van der Waals surface area contributed by atoms with Crippen molar-refractivity contribution in [2.24, 2.45) is 0 Å². The molecule has 2 N–H and O–H groups in total. The first-order valence-electron chi connectivity index (χ1n) is 21.5. The van der Waals surface area contributed by atoms with E-state index in [1.54, 1.807) is 12.3 Å². The molecular formula is C49H57FN6O4S. The number of pyridine rings is 2.